The molecule has 1 fully saturated rings. The van der Waals surface area contributed by atoms with Gasteiger partial charge in [0.1, 0.15) is 12.1 Å². The van der Waals surface area contributed by atoms with E-state index in [0.29, 0.717) is 19.4 Å². The van der Waals surface area contributed by atoms with Crippen molar-refractivity contribution >= 4 is 5.91 Å². The smallest absolute Gasteiger partial charge is 0.244 e. The summed E-state index contributed by atoms with van der Waals surface area (Å²) in [6.45, 7) is 2.61. The zero-order chi connectivity index (χ0) is 13.2. The molecule has 1 aliphatic heterocycles. The van der Waals surface area contributed by atoms with Crippen LogP contribution in [0.1, 0.15) is 18.4 Å². The lowest BCUT2D eigenvalue weighted by Gasteiger charge is -2.38. The van der Waals surface area contributed by atoms with Gasteiger partial charge in [-0.05, 0) is 25.3 Å². The Bertz CT molecular complexity index is 432. The summed E-state index contributed by atoms with van der Waals surface area (Å²) in [6, 6.07) is 0. The van der Waals surface area contributed by atoms with Crippen LogP contribution in [-0.4, -0.2) is 56.1 Å². The summed E-state index contributed by atoms with van der Waals surface area (Å²) in [5, 5.41) is 23.2. The number of aliphatic hydroxyl groups is 2. The second-order valence-corrected chi connectivity index (χ2v) is 5.02. The molecule has 0 radical (unpaired) electrons. The Morgan fingerprint density at radius 1 is 1.61 bits per heavy atom. The molecule has 0 aliphatic carbocycles. The topological polar surface area (TPSA) is 78.6 Å². The first-order chi connectivity index (χ1) is 8.52. The number of carbonyl (C=O) groups is 1. The van der Waals surface area contributed by atoms with Crippen LogP contribution in [0.4, 0.5) is 0 Å². The molecule has 18 heavy (non-hydrogen) atoms. The van der Waals surface area contributed by atoms with Crippen LogP contribution in [0.3, 0.4) is 0 Å². The van der Waals surface area contributed by atoms with Crippen molar-refractivity contribution in [2.24, 2.45) is 0 Å². The van der Waals surface area contributed by atoms with Gasteiger partial charge in [-0.2, -0.15) is 5.10 Å². The highest BCUT2D eigenvalue weighted by molar-refractivity contribution is 5.76. The summed E-state index contributed by atoms with van der Waals surface area (Å²) in [5.41, 5.74) is -0.137. The van der Waals surface area contributed by atoms with E-state index < -0.39 is 5.60 Å². The predicted octanol–water partition coefficient (Wildman–Crippen LogP) is -0.463. The summed E-state index contributed by atoms with van der Waals surface area (Å²) in [7, 11) is 0. The molecule has 0 aromatic carbocycles. The number of amides is 1. The van der Waals surface area contributed by atoms with Gasteiger partial charge in [0.15, 0.2) is 0 Å². The minimum Gasteiger partial charge on any atom is -0.393 e. The third-order valence-corrected chi connectivity index (χ3v) is 3.26. The van der Waals surface area contributed by atoms with Crippen LogP contribution in [0.2, 0.25) is 0 Å². The van der Waals surface area contributed by atoms with E-state index in [1.807, 2.05) is 6.92 Å². The largest absolute Gasteiger partial charge is 0.393 e. The van der Waals surface area contributed by atoms with Crippen LogP contribution >= 0.6 is 0 Å². The number of carbonyl (C=O) groups excluding carboxylic acids is 1. The highest BCUT2D eigenvalue weighted by atomic mass is 16.3. The second kappa shape index (κ2) is 5.07. The molecule has 2 N–H and O–H groups in total. The third kappa shape index (κ3) is 2.88. The Kier molecular flexibility index (Phi) is 3.68. The monoisotopic (exact) mass is 253 g/mol. The molecular weight excluding hydrogens is 234 g/mol. The fourth-order valence-electron chi connectivity index (χ4n) is 2.25. The molecule has 1 atom stereocenters. The second-order valence-electron chi connectivity index (χ2n) is 5.02. The van der Waals surface area contributed by atoms with Crippen LogP contribution in [0.5, 0.6) is 0 Å². The highest BCUT2D eigenvalue weighted by Crippen LogP contribution is 2.20. The van der Waals surface area contributed by atoms with Crippen LogP contribution in [0.25, 0.3) is 0 Å². The van der Waals surface area contributed by atoms with Crippen molar-refractivity contribution in [3.05, 3.63) is 18.0 Å². The first kappa shape index (κ1) is 13.0. The van der Waals surface area contributed by atoms with E-state index in [2.05, 4.69) is 5.10 Å². The molecule has 100 valence electrons. The third-order valence-electron chi connectivity index (χ3n) is 3.26. The number of β-amino-alcohol motifs (C(OH)–C–C–N with tert-alkyl or cyclic N) is 1. The number of aromatic nitrogens is 2. The maximum absolute atomic E-state index is 12.1. The molecule has 1 amide bonds. The quantitative estimate of drug-likeness (QED) is 0.764. The van der Waals surface area contributed by atoms with E-state index in [0.717, 1.165) is 5.56 Å². The number of hydrogen-bond donors (Lipinski definition) is 2. The molecule has 1 aromatic rings. The average molecular weight is 253 g/mol. The van der Waals surface area contributed by atoms with E-state index in [9.17, 15) is 9.90 Å². The molecule has 6 nitrogen and oxygen atoms in total. The molecular formula is C12H19N3O3. The Hall–Kier alpha value is -1.40. The van der Waals surface area contributed by atoms with Crippen LogP contribution in [0.15, 0.2) is 12.4 Å². The molecule has 2 rings (SSSR count). The van der Waals surface area contributed by atoms with Crippen molar-refractivity contribution in [1.29, 1.82) is 0 Å². The van der Waals surface area contributed by atoms with Gasteiger partial charge in [-0.1, -0.05) is 0 Å². The molecule has 0 saturated carbocycles. The van der Waals surface area contributed by atoms with Gasteiger partial charge in [0.25, 0.3) is 0 Å². The van der Waals surface area contributed by atoms with Gasteiger partial charge in [0, 0.05) is 12.7 Å². The van der Waals surface area contributed by atoms with Crippen LogP contribution in [0, 0.1) is 6.92 Å². The zero-order valence-corrected chi connectivity index (χ0v) is 10.5. The first-order valence-corrected chi connectivity index (χ1v) is 6.12. The van der Waals surface area contributed by atoms with Crippen molar-refractivity contribution < 1.29 is 15.0 Å². The van der Waals surface area contributed by atoms with Crippen molar-refractivity contribution in [3.63, 3.8) is 0 Å². The number of piperidine rings is 1. The first-order valence-electron chi connectivity index (χ1n) is 6.12. The normalized spacial score (nSPS) is 24.3. The maximum atomic E-state index is 12.1. The van der Waals surface area contributed by atoms with Gasteiger partial charge in [-0.25, -0.2) is 0 Å². The van der Waals surface area contributed by atoms with Gasteiger partial charge in [-0.15, -0.1) is 0 Å². The Morgan fingerprint density at radius 3 is 3.00 bits per heavy atom. The van der Waals surface area contributed by atoms with Crippen molar-refractivity contribution in [3.8, 4) is 0 Å². The van der Waals surface area contributed by atoms with Gasteiger partial charge < -0.3 is 15.1 Å². The standard InChI is InChI=1S/C12H19N3O3/c1-10-5-13-15(6-10)7-11(17)14-4-2-3-12(18,8-14)9-16/h5-6,16,18H,2-4,7-9H2,1H3/t12-/m0/s1. The fraction of sp³-hybridized carbons (Fsp3) is 0.667. The summed E-state index contributed by atoms with van der Waals surface area (Å²) >= 11 is 0. The lowest BCUT2D eigenvalue weighted by Crippen LogP contribution is -2.53. The zero-order valence-electron chi connectivity index (χ0n) is 10.5. The van der Waals surface area contributed by atoms with Gasteiger partial charge >= 0.3 is 0 Å². The Morgan fingerprint density at radius 2 is 2.39 bits per heavy atom. The molecule has 1 saturated heterocycles. The lowest BCUT2D eigenvalue weighted by atomic mass is 9.94. The number of aryl methyl sites for hydroxylation is 1. The summed E-state index contributed by atoms with van der Waals surface area (Å²) in [6.07, 6.45) is 4.75. The number of nitrogens with zero attached hydrogens (tertiary/aromatic N) is 3. The fourth-order valence-corrected chi connectivity index (χ4v) is 2.25. The van der Waals surface area contributed by atoms with Crippen LogP contribution in [-0.2, 0) is 11.3 Å². The minimum absolute atomic E-state index is 0.0790. The maximum Gasteiger partial charge on any atom is 0.244 e. The number of rotatable bonds is 3. The van der Waals surface area contributed by atoms with Crippen LogP contribution < -0.4 is 0 Å². The van der Waals surface area contributed by atoms with E-state index >= 15 is 0 Å². The van der Waals surface area contributed by atoms with Crippen molar-refractivity contribution in [1.82, 2.24) is 14.7 Å². The molecule has 0 bridgehead atoms. The van der Waals surface area contributed by atoms with Gasteiger partial charge in [-0.3, -0.25) is 9.48 Å². The Balaban J connectivity index is 1.96. The summed E-state index contributed by atoms with van der Waals surface area (Å²) in [5.74, 6) is -0.0790. The number of hydrogen-bond acceptors (Lipinski definition) is 4. The molecule has 0 unspecified atom stereocenters. The predicted molar refractivity (Wildman–Crippen MR) is 64.8 cm³/mol. The van der Waals surface area contributed by atoms with Crippen molar-refractivity contribution in [2.45, 2.75) is 31.9 Å². The molecule has 1 aromatic heterocycles. The molecule has 1 aliphatic rings. The van der Waals surface area contributed by atoms with E-state index in [1.165, 1.54) is 0 Å². The lowest BCUT2D eigenvalue weighted by molar-refractivity contribution is -0.141. The van der Waals surface area contributed by atoms with Crippen molar-refractivity contribution in [2.75, 3.05) is 19.7 Å². The summed E-state index contributed by atoms with van der Waals surface area (Å²) in [4.78, 5) is 13.6. The van der Waals surface area contributed by atoms with Gasteiger partial charge in [0.2, 0.25) is 5.91 Å². The molecule has 2 heterocycles. The highest BCUT2D eigenvalue weighted by Gasteiger charge is 2.34. The molecule has 6 heteroatoms. The number of likely N-dealkylation sites (tertiary alicyclic amines) is 1. The molecule has 0 spiro atoms. The summed E-state index contributed by atoms with van der Waals surface area (Å²) < 4.78 is 1.59. The van der Waals surface area contributed by atoms with E-state index in [4.69, 9.17) is 5.11 Å². The Labute approximate surface area is 106 Å². The SMILES string of the molecule is Cc1cnn(CC(=O)N2CCC[C@@](O)(CO)C2)c1. The number of aliphatic hydroxyl groups excluding tert-OH is 1. The van der Waals surface area contributed by atoms with E-state index in [1.54, 1.807) is 22.0 Å². The average Bonchev–Trinajstić information content (AvgIpc) is 2.75. The van der Waals surface area contributed by atoms with Gasteiger partial charge in [0.05, 0.1) is 19.3 Å². The van der Waals surface area contributed by atoms with E-state index in [-0.39, 0.29) is 25.6 Å². The minimum atomic E-state index is -1.14.